The van der Waals surface area contributed by atoms with Gasteiger partial charge < -0.3 is 16.0 Å². The Morgan fingerprint density at radius 1 is 1.04 bits per heavy atom. The van der Waals surface area contributed by atoms with Crippen molar-refractivity contribution in [2.45, 2.75) is 19.4 Å². The summed E-state index contributed by atoms with van der Waals surface area (Å²) in [7, 11) is -2.98. The lowest BCUT2D eigenvalue weighted by atomic mass is 10.2. The molecule has 27 heavy (non-hydrogen) atoms. The van der Waals surface area contributed by atoms with E-state index in [1.807, 2.05) is 0 Å². The van der Waals surface area contributed by atoms with Crippen LogP contribution in [0.1, 0.15) is 23.8 Å². The van der Waals surface area contributed by atoms with Gasteiger partial charge in [-0.25, -0.2) is 18.4 Å². The number of benzene rings is 1. The third kappa shape index (κ3) is 5.23. The summed E-state index contributed by atoms with van der Waals surface area (Å²) in [5.74, 6) is 0.0640. The molecule has 3 N–H and O–H groups in total. The molecule has 2 heterocycles. The maximum Gasteiger partial charge on any atom is 0.275 e. The van der Waals surface area contributed by atoms with Gasteiger partial charge in [-0.3, -0.25) is 9.59 Å². The van der Waals surface area contributed by atoms with Gasteiger partial charge in [0.1, 0.15) is 11.5 Å². The fourth-order valence-corrected chi connectivity index (χ4v) is 4.35. The Labute approximate surface area is 156 Å². The van der Waals surface area contributed by atoms with Crippen LogP contribution in [0.2, 0.25) is 0 Å². The van der Waals surface area contributed by atoms with Gasteiger partial charge in [0, 0.05) is 24.3 Å². The van der Waals surface area contributed by atoms with Crippen LogP contribution in [0.15, 0.2) is 36.7 Å². The second kappa shape index (κ2) is 7.70. The van der Waals surface area contributed by atoms with Crippen molar-refractivity contribution in [2.75, 3.05) is 27.5 Å². The molecule has 0 bridgehead atoms. The van der Waals surface area contributed by atoms with E-state index in [4.69, 9.17) is 0 Å². The zero-order chi connectivity index (χ0) is 19.4. The molecule has 0 spiro atoms. The number of carbonyl (C=O) groups excluding carboxylic acids is 2. The van der Waals surface area contributed by atoms with Crippen LogP contribution in [0.25, 0.3) is 0 Å². The number of amides is 2. The van der Waals surface area contributed by atoms with Crippen molar-refractivity contribution in [1.82, 2.24) is 9.97 Å². The molecule has 2 aromatic rings. The van der Waals surface area contributed by atoms with Gasteiger partial charge in [-0.1, -0.05) is 0 Å². The molecule has 1 atom stereocenters. The SMILES string of the molecule is CC(=O)Nc1ccc(NC(=O)c2cnc(NC3CCS(=O)(=O)C3)cn2)cc1. The third-order valence-electron chi connectivity index (χ3n) is 3.93. The number of anilines is 3. The van der Waals surface area contributed by atoms with Crippen LogP contribution < -0.4 is 16.0 Å². The van der Waals surface area contributed by atoms with Crippen LogP contribution in [0, 0.1) is 0 Å². The number of hydrogen-bond donors (Lipinski definition) is 3. The third-order valence-corrected chi connectivity index (χ3v) is 5.70. The molecule has 0 aliphatic carbocycles. The summed E-state index contributed by atoms with van der Waals surface area (Å²) >= 11 is 0. The number of nitrogens with zero attached hydrogens (tertiary/aromatic N) is 2. The van der Waals surface area contributed by atoms with Gasteiger partial charge in [-0.2, -0.15) is 0 Å². The maximum atomic E-state index is 12.2. The number of carbonyl (C=O) groups is 2. The second-order valence-corrected chi connectivity index (χ2v) is 8.47. The first-order valence-corrected chi connectivity index (χ1v) is 10.1. The van der Waals surface area contributed by atoms with Crippen LogP contribution in [-0.4, -0.2) is 47.7 Å². The van der Waals surface area contributed by atoms with Crippen molar-refractivity contribution in [2.24, 2.45) is 0 Å². The van der Waals surface area contributed by atoms with Crippen molar-refractivity contribution < 1.29 is 18.0 Å². The van der Waals surface area contributed by atoms with Gasteiger partial charge in [0.05, 0.1) is 23.9 Å². The van der Waals surface area contributed by atoms with Gasteiger partial charge >= 0.3 is 0 Å². The summed E-state index contributed by atoms with van der Waals surface area (Å²) in [5.41, 5.74) is 1.31. The highest BCUT2D eigenvalue weighted by molar-refractivity contribution is 7.91. The molecular weight excluding hydrogens is 370 g/mol. The minimum Gasteiger partial charge on any atom is -0.365 e. The molecule has 142 valence electrons. The Morgan fingerprint density at radius 3 is 2.22 bits per heavy atom. The molecule has 0 radical (unpaired) electrons. The van der Waals surface area contributed by atoms with Gasteiger partial charge in [-0.15, -0.1) is 0 Å². The van der Waals surface area contributed by atoms with Crippen molar-refractivity contribution in [3.8, 4) is 0 Å². The summed E-state index contributed by atoms with van der Waals surface area (Å²) in [6.45, 7) is 1.42. The summed E-state index contributed by atoms with van der Waals surface area (Å²) in [6.07, 6.45) is 3.26. The Hall–Kier alpha value is -3.01. The molecule has 10 heteroatoms. The Balaban J connectivity index is 1.58. The van der Waals surface area contributed by atoms with Crippen molar-refractivity contribution in [3.05, 3.63) is 42.4 Å². The highest BCUT2D eigenvalue weighted by Crippen LogP contribution is 2.17. The molecule has 1 unspecified atom stereocenters. The fourth-order valence-electron chi connectivity index (χ4n) is 2.67. The zero-order valence-corrected chi connectivity index (χ0v) is 15.4. The average molecular weight is 389 g/mol. The summed E-state index contributed by atoms with van der Waals surface area (Å²) in [4.78, 5) is 31.4. The smallest absolute Gasteiger partial charge is 0.275 e. The van der Waals surface area contributed by atoms with E-state index in [1.54, 1.807) is 24.3 Å². The number of aromatic nitrogens is 2. The molecule has 9 nitrogen and oxygen atoms in total. The van der Waals surface area contributed by atoms with Gasteiger partial charge in [-0.05, 0) is 30.7 Å². The molecule has 1 aromatic carbocycles. The molecule has 0 saturated carbocycles. The topological polar surface area (TPSA) is 130 Å². The quantitative estimate of drug-likeness (QED) is 0.702. The monoisotopic (exact) mass is 389 g/mol. The van der Waals surface area contributed by atoms with Crippen LogP contribution in [0.3, 0.4) is 0 Å². The normalized spacial score (nSPS) is 17.9. The average Bonchev–Trinajstić information content (AvgIpc) is 2.95. The van der Waals surface area contributed by atoms with Crippen molar-refractivity contribution >= 4 is 38.8 Å². The summed E-state index contributed by atoms with van der Waals surface area (Å²) < 4.78 is 22.9. The minimum atomic E-state index is -2.98. The van der Waals surface area contributed by atoms with E-state index >= 15 is 0 Å². The van der Waals surface area contributed by atoms with E-state index in [0.717, 1.165) is 0 Å². The van der Waals surface area contributed by atoms with Gasteiger partial charge in [0.2, 0.25) is 5.91 Å². The van der Waals surface area contributed by atoms with Crippen LogP contribution in [0.4, 0.5) is 17.2 Å². The highest BCUT2D eigenvalue weighted by atomic mass is 32.2. The molecule has 1 saturated heterocycles. The van der Waals surface area contributed by atoms with Crippen LogP contribution in [0.5, 0.6) is 0 Å². The molecule has 2 amide bonds. The largest absolute Gasteiger partial charge is 0.365 e. The predicted molar refractivity (Wildman–Crippen MR) is 101 cm³/mol. The van der Waals surface area contributed by atoms with E-state index in [9.17, 15) is 18.0 Å². The van der Waals surface area contributed by atoms with Crippen LogP contribution >= 0.6 is 0 Å². The summed E-state index contributed by atoms with van der Waals surface area (Å²) in [5, 5.41) is 8.34. The van der Waals surface area contributed by atoms with Gasteiger partial charge in [0.15, 0.2) is 9.84 Å². The molecule has 3 rings (SSSR count). The first-order chi connectivity index (χ1) is 12.8. The zero-order valence-electron chi connectivity index (χ0n) is 14.6. The first-order valence-electron chi connectivity index (χ1n) is 8.29. The molecule has 1 aliphatic rings. The Morgan fingerprint density at radius 2 is 1.70 bits per heavy atom. The number of sulfone groups is 1. The van der Waals surface area contributed by atoms with E-state index < -0.39 is 15.7 Å². The van der Waals surface area contributed by atoms with E-state index in [-0.39, 0.29) is 29.1 Å². The van der Waals surface area contributed by atoms with E-state index in [1.165, 1.54) is 19.3 Å². The van der Waals surface area contributed by atoms with Crippen molar-refractivity contribution in [3.63, 3.8) is 0 Å². The lowest BCUT2D eigenvalue weighted by Gasteiger charge is -2.11. The number of rotatable bonds is 5. The second-order valence-electron chi connectivity index (χ2n) is 6.24. The summed E-state index contributed by atoms with van der Waals surface area (Å²) in [6, 6.07) is 6.47. The molecule has 1 aliphatic heterocycles. The number of hydrogen-bond acceptors (Lipinski definition) is 7. The lowest BCUT2D eigenvalue weighted by Crippen LogP contribution is -2.22. The molecular formula is C17H19N5O4S. The number of nitrogens with one attached hydrogen (secondary N) is 3. The van der Waals surface area contributed by atoms with E-state index in [2.05, 4.69) is 25.9 Å². The first kappa shape index (κ1) is 18.8. The minimum absolute atomic E-state index is 0.0748. The van der Waals surface area contributed by atoms with E-state index in [0.29, 0.717) is 23.6 Å². The van der Waals surface area contributed by atoms with Crippen molar-refractivity contribution in [1.29, 1.82) is 0 Å². The Bertz CT molecular complexity index is 942. The molecule has 1 aromatic heterocycles. The lowest BCUT2D eigenvalue weighted by molar-refractivity contribution is -0.114. The maximum absolute atomic E-state index is 12.2. The standard InChI is InChI=1S/C17H19N5O4S/c1-11(23)20-12-2-4-13(5-3-12)22-17(24)15-8-19-16(9-18-15)21-14-6-7-27(25,26)10-14/h2-5,8-9,14H,6-7,10H2,1H3,(H,19,21)(H,20,23)(H,22,24). The van der Waals surface area contributed by atoms with Crippen LogP contribution in [-0.2, 0) is 14.6 Å². The Kier molecular flexibility index (Phi) is 5.36. The fraction of sp³-hybridized carbons (Fsp3) is 0.294. The predicted octanol–water partition coefficient (Wildman–Crippen LogP) is 1.29. The van der Waals surface area contributed by atoms with Gasteiger partial charge in [0.25, 0.3) is 5.91 Å². The molecule has 1 fully saturated rings. The highest BCUT2D eigenvalue weighted by Gasteiger charge is 2.28.